The van der Waals surface area contributed by atoms with Crippen LogP contribution in [0.25, 0.3) is 0 Å². The van der Waals surface area contributed by atoms with Gasteiger partial charge in [0.2, 0.25) is 0 Å². The van der Waals surface area contributed by atoms with Crippen LogP contribution in [0.1, 0.15) is 31.2 Å². The molecule has 0 radical (unpaired) electrons. The number of nitrogens with zero attached hydrogens (tertiary/aromatic N) is 2. The number of halogens is 1. The Hall–Kier alpha value is -0.580. The van der Waals surface area contributed by atoms with Gasteiger partial charge in [-0.1, -0.05) is 28.8 Å². The molecule has 110 valence electrons. The minimum Gasteiger partial charge on any atom is -0.369 e. The number of benzene rings is 1. The first kappa shape index (κ1) is 14.4. The van der Waals surface area contributed by atoms with Crippen molar-refractivity contribution in [3.63, 3.8) is 0 Å². The summed E-state index contributed by atoms with van der Waals surface area (Å²) in [6.45, 7) is 5.28. The molecule has 3 rings (SSSR count). The minimum atomic E-state index is 0.606. The molecule has 0 spiro atoms. The lowest BCUT2D eigenvalue weighted by molar-refractivity contribution is 0.187. The first-order valence-corrected chi connectivity index (χ1v) is 8.54. The van der Waals surface area contributed by atoms with Crippen molar-refractivity contribution in [2.45, 2.75) is 38.3 Å². The van der Waals surface area contributed by atoms with Crippen LogP contribution >= 0.6 is 15.9 Å². The first-order chi connectivity index (χ1) is 9.76. The molecule has 1 saturated carbocycles. The molecule has 1 saturated heterocycles. The molecule has 0 unspecified atom stereocenters. The SMILES string of the molecule is NCc1cc(Br)cc(N2CCN(C3CCCC3)CC2)c1. The van der Waals surface area contributed by atoms with Gasteiger partial charge in [0.15, 0.2) is 0 Å². The second-order valence-electron chi connectivity index (χ2n) is 5.98. The van der Waals surface area contributed by atoms with Crippen molar-refractivity contribution < 1.29 is 0 Å². The summed E-state index contributed by atoms with van der Waals surface area (Å²) >= 11 is 3.59. The zero-order chi connectivity index (χ0) is 13.9. The van der Waals surface area contributed by atoms with E-state index < -0.39 is 0 Å². The molecule has 20 heavy (non-hydrogen) atoms. The number of rotatable bonds is 3. The highest BCUT2D eigenvalue weighted by Crippen LogP contribution is 2.27. The molecule has 3 nitrogen and oxygen atoms in total. The zero-order valence-corrected chi connectivity index (χ0v) is 13.6. The smallest absolute Gasteiger partial charge is 0.0381 e. The predicted octanol–water partition coefficient (Wildman–Crippen LogP) is 2.97. The molecular formula is C16H24BrN3. The summed E-state index contributed by atoms with van der Waals surface area (Å²) in [5, 5.41) is 0. The van der Waals surface area contributed by atoms with Gasteiger partial charge in [0.25, 0.3) is 0 Å². The van der Waals surface area contributed by atoms with Crippen LogP contribution in [0.4, 0.5) is 5.69 Å². The first-order valence-electron chi connectivity index (χ1n) is 7.75. The van der Waals surface area contributed by atoms with Crippen LogP contribution in [0.15, 0.2) is 22.7 Å². The Balaban J connectivity index is 1.64. The molecule has 0 atom stereocenters. The Morgan fingerprint density at radius 3 is 2.40 bits per heavy atom. The van der Waals surface area contributed by atoms with Crippen LogP contribution < -0.4 is 10.6 Å². The van der Waals surface area contributed by atoms with Crippen LogP contribution in [-0.4, -0.2) is 37.1 Å². The number of nitrogens with two attached hydrogens (primary N) is 1. The van der Waals surface area contributed by atoms with Gasteiger partial charge in [0.05, 0.1) is 0 Å². The van der Waals surface area contributed by atoms with Gasteiger partial charge >= 0.3 is 0 Å². The van der Waals surface area contributed by atoms with Crippen LogP contribution in [0.2, 0.25) is 0 Å². The zero-order valence-electron chi connectivity index (χ0n) is 12.0. The maximum absolute atomic E-state index is 5.77. The largest absolute Gasteiger partial charge is 0.369 e. The highest BCUT2D eigenvalue weighted by Gasteiger charge is 2.26. The lowest BCUT2D eigenvalue weighted by Gasteiger charge is -2.39. The highest BCUT2D eigenvalue weighted by molar-refractivity contribution is 9.10. The molecule has 1 aliphatic carbocycles. The van der Waals surface area contributed by atoms with Gasteiger partial charge in [-0.25, -0.2) is 0 Å². The van der Waals surface area contributed by atoms with Crippen LogP contribution in [0, 0.1) is 0 Å². The van der Waals surface area contributed by atoms with Crippen LogP contribution in [0.3, 0.4) is 0 Å². The highest BCUT2D eigenvalue weighted by atomic mass is 79.9. The maximum atomic E-state index is 5.77. The molecule has 2 aliphatic rings. The van der Waals surface area contributed by atoms with E-state index in [0.29, 0.717) is 6.54 Å². The molecule has 0 aromatic heterocycles. The van der Waals surface area contributed by atoms with Crippen molar-refractivity contribution in [1.82, 2.24) is 4.90 Å². The average molecular weight is 338 g/mol. The van der Waals surface area contributed by atoms with E-state index in [9.17, 15) is 0 Å². The Kier molecular flexibility index (Phi) is 4.64. The van der Waals surface area contributed by atoms with Crippen molar-refractivity contribution >= 4 is 21.6 Å². The van der Waals surface area contributed by atoms with Gasteiger partial charge in [-0.3, -0.25) is 4.90 Å². The number of piperazine rings is 1. The normalized spacial score (nSPS) is 21.6. The van der Waals surface area contributed by atoms with E-state index in [2.05, 4.69) is 43.9 Å². The van der Waals surface area contributed by atoms with Gasteiger partial charge in [-0.2, -0.15) is 0 Å². The predicted molar refractivity (Wildman–Crippen MR) is 88.1 cm³/mol. The minimum absolute atomic E-state index is 0.606. The van der Waals surface area contributed by atoms with Gasteiger partial charge in [0, 0.05) is 48.9 Å². The van der Waals surface area contributed by atoms with Gasteiger partial charge in [-0.15, -0.1) is 0 Å². The van der Waals surface area contributed by atoms with E-state index >= 15 is 0 Å². The van der Waals surface area contributed by atoms with E-state index in [1.54, 1.807) is 0 Å². The fraction of sp³-hybridized carbons (Fsp3) is 0.625. The van der Waals surface area contributed by atoms with Crippen molar-refractivity contribution in [3.05, 3.63) is 28.2 Å². The summed E-state index contributed by atoms with van der Waals surface area (Å²) in [7, 11) is 0. The van der Waals surface area contributed by atoms with Gasteiger partial charge < -0.3 is 10.6 Å². The summed E-state index contributed by atoms with van der Waals surface area (Å²) in [4.78, 5) is 5.20. The molecule has 1 heterocycles. The summed E-state index contributed by atoms with van der Waals surface area (Å²) in [6, 6.07) is 7.41. The quantitative estimate of drug-likeness (QED) is 0.920. The number of hydrogen-bond donors (Lipinski definition) is 1. The number of hydrogen-bond acceptors (Lipinski definition) is 3. The number of anilines is 1. The van der Waals surface area contributed by atoms with Crippen molar-refractivity contribution in [2.75, 3.05) is 31.1 Å². The Labute approximate surface area is 130 Å². The summed E-state index contributed by atoms with van der Waals surface area (Å²) in [5.74, 6) is 0. The fourth-order valence-corrected chi connectivity index (χ4v) is 4.08. The second kappa shape index (κ2) is 6.46. The molecule has 2 fully saturated rings. The van der Waals surface area contributed by atoms with Crippen molar-refractivity contribution in [3.8, 4) is 0 Å². The Bertz CT molecular complexity index is 449. The van der Waals surface area contributed by atoms with E-state index in [-0.39, 0.29) is 0 Å². The van der Waals surface area contributed by atoms with E-state index in [4.69, 9.17) is 5.73 Å². The van der Waals surface area contributed by atoms with Crippen molar-refractivity contribution in [2.24, 2.45) is 5.73 Å². The average Bonchev–Trinajstić information content (AvgIpc) is 3.01. The Morgan fingerprint density at radius 1 is 1.05 bits per heavy atom. The maximum Gasteiger partial charge on any atom is 0.0381 e. The summed E-state index contributed by atoms with van der Waals surface area (Å²) in [6.07, 6.45) is 5.68. The fourth-order valence-electron chi connectivity index (χ4n) is 3.55. The van der Waals surface area contributed by atoms with Gasteiger partial charge in [-0.05, 0) is 36.6 Å². The second-order valence-corrected chi connectivity index (χ2v) is 6.90. The molecular weight excluding hydrogens is 314 g/mol. The summed E-state index contributed by atoms with van der Waals surface area (Å²) < 4.78 is 1.13. The van der Waals surface area contributed by atoms with Crippen LogP contribution in [-0.2, 0) is 6.54 Å². The standard InChI is InChI=1S/C16H24BrN3/c17-14-9-13(12-18)10-16(11-14)20-7-5-19(6-8-20)15-3-1-2-4-15/h9-11,15H,1-8,12,18H2. The van der Waals surface area contributed by atoms with Crippen molar-refractivity contribution in [1.29, 1.82) is 0 Å². The lowest BCUT2D eigenvalue weighted by atomic mass is 10.1. The molecule has 4 heteroatoms. The summed E-state index contributed by atoms with van der Waals surface area (Å²) in [5.41, 5.74) is 8.29. The molecule has 1 aromatic carbocycles. The van der Waals surface area contributed by atoms with E-state index in [0.717, 1.165) is 23.6 Å². The third-order valence-electron chi connectivity index (χ3n) is 4.70. The Morgan fingerprint density at radius 2 is 1.75 bits per heavy atom. The molecule has 0 bridgehead atoms. The molecule has 2 N–H and O–H groups in total. The third-order valence-corrected chi connectivity index (χ3v) is 5.16. The van der Waals surface area contributed by atoms with E-state index in [1.807, 2.05) is 0 Å². The third kappa shape index (κ3) is 3.18. The molecule has 0 amide bonds. The molecule has 1 aliphatic heterocycles. The van der Waals surface area contributed by atoms with Gasteiger partial charge in [0.1, 0.15) is 0 Å². The molecule has 1 aromatic rings. The van der Waals surface area contributed by atoms with E-state index in [1.165, 1.54) is 50.0 Å². The van der Waals surface area contributed by atoms with Crippen LogP contribution in [0.5, 0.6) is 0 Å². The monoisotopic (exact) mass is 337 g/mol. The topological polar surface area (TPSA) is 32.5 Å². The lowest BCUT2D eigenvalue weighted by Crippen LogP contribution is -2.49.